The van der Waals surface area contributed by atoms with Crippen molar-refractivity contribution >= 4 is 18.0 Å². The number of esters is 2. The lowest BCUT2D eigenvalue weighted by Gasteiger charge is -2.25. The molecule has 7 heteroatoms. The summed E-state index contributed by atoms with van der Waals surface area (Å²) in [6.07, 6.45) is 2.49. The quantitative estimate of drug-likeness (QED) is 0.263. The maximum atomic E-state index is 11.5. The van der Waals surface area contributed by atoms with Gasteiger partial charge in [-0.3, -0.25) is 0 Å². The number of amides is 1. The van der Waals surface area contributed by atoms with Gasteiger partial charge >= 0.3 is 18.0 Å². The Hall–Kier alpha value is -2.31. The van der Waals surface area contributed by atoms with Crippen molar-refractivity contribution in [3.63, 3.8) is 0 Å². The van der Waals surface area contributed by atoms with E-state index in [1.165, 1.54) is 0 Å². The molecule has 0 aromatic heterocycles. The van der Waals surface area contributed by atoms with Crippen molar-refractivity contribution in [3.05, 3.63) is 24.3 Å². The lowest BCUT2D eigenvalue weighted by atomic mass is 9.99. The second-order valence-electron chi connectivity index (χ2n) is 6.92. The number of hydrogen-bond donors (Lipinski definition) is 1. The molecule has 0 rings (SSSR count). The highest BCUT2D eigenvalue weighted by Crippen LogP contribution is 2.20. The average molecular weight is 386 g/mol. The molecule has 0 fully saturated rings. The zero-order chi connectivity index (χ0) is 21.6. The third-order valence-electron chi connectivity index (χ3n) is 3.30. The number of unbranched alkanes of at least 4 members (excludes halogenated alkanes) is 1. The van der Waals surface area contributed by atoms with Crippen molar-refractivity contribution in [2.75, 3.05) is 6.61 Å². The van der Waals surface area contributed by atoms with Crippen LogP contribution < -0.4 is 5.73 Å². The van der Waals surface area contributed by atoms with Crippen LogP contribution in [0.5, 0.6) is 0 Å². The molecule has 0 aliphatic heterocycles. The van der Waals surface area contributed by atoms with Crippen molar-refractivity contribution in [3.8, 4) is 0 Å². The summed E-state index contributed by atoms with van der Waals surface area (Å²) in [6, 6.07) is 0. The normalized spacial score (nSPS) is 11.3. The minimum absolute atomic E-state index is 0.129. The Bertz CT molecular complexity index is 525. The molecular formula is C20H35NO6. The van der Waals surface area contributed by atoms with E-state index in [-0.39, 0.29) is 18.0 Å². The van der Waals surface area contributed by atoms with Crippen LogP contribution in [0, 0.1) is 0 Å². The van der Waals surface area contributed by atoms with Gasteiger partial charge in [0.15, 0.2) is 0 Å². The first-order chi connectivity index (χ1) is 12.3. The van der Waals surface area contributed by atoms with Crippen LogP contribution in [0.4, 0.5) is 4.79 Å². The van der Waals surface area contributed by atoms with Crippen LogP contribution in [0.3, 0.4) is 0 Å². The van der Waals surface area contributed by atoms with Gasteiger partial charge < -0.3 is 19.9 Å². The molecule has 0 heterocycles. The summed E-state index contributed by atoms with van der Waals surface area (Å²) in [7, 11) is 0. The summed E-state index contributed by atoms with van der Waals surface area (Å²) in [5.74, 6) is -0.707. The first kappa shape index (κ1) is 26.9. The highest BCUT2D eigenvalue weighted by atomic mass is 16.6. The molecule has 0 spiro atoms. The molecule has 0 saturated heterocycles. The van der Waals surface area contributed by atoms with Crippen molar-refractivity contribution in [2.24, 2.45) is 5.73 Å². The molecule has 1 atom stereocenters. The van der Waals surface area contributed by atoms with E-state index in [1.807, 2.05) is 20.8 Å². The van der Waals surface area contributed by atoms with Gasteiger partial charge in [0.1, 0.15) is 5.60 Å². The Labute approximate surface area is 162 Å². The molecular weight excluding hydrogens is 350 g/mol. The van der Waals surface area contributed by atoms with Gasteiger partial charge in [-0.1, -0.05) is 13.2 Å². The minimum Gasteiger partial charge on any atom is -0.459 e. The lowest BCUT2D eigenvalue weighted by molar-refractivity contribution is -0.152. The SMILES string of the molecule is C=C(C)C(=O)OC(C)CCCCC(C)(C)OC(=O)C(=C)C.CCOC(N)=O. The van der Waals surface area contributed by atoms with Gasteiger partial charge in [-0.2, -0.15) is 0 Å². The van der Waals surface area contributed by atoms with Crippen molar-refractivity contribution in [1.82, 2.24) is 0 Å². The van der Waals surface area contributed by atoms with Crippen LogP contribution in [0.25, 0.3) is 0 Å². The fourth-order valence-corrected chi connectivity index (χ4v) is 1.86. The van der Waals surface area contributed by atoms with Gasteiger partial charge in [-0.15, -0.1) is 0 Å². The monoisotopic (exact) mass is 385 g/mol. The molecule has 1 amide bonds. The highest BCUT2D eigenvalue weighted by Gasteiger charge is 2.22. The highest BCUT2D eigenvalue weighted by molar-refractivity contribution is 5.87. The summed E-state index contributed by atoms with van der Waals surface area (Å²) in [4.78, 5) is 32.4. The first-order valence-corrected chi connectivity index (χ1v) is 9.00. The number of rotatable bonds is 10. The van der Waals surface area contributed by atoms with Crippen molar-refractivity contribution in [2.45, 2.75) is 78.9 Å². The van der Waals surface area contributed by atoms with Gasteiger partial charge in [-0.05, 0) is 67.2 Å². The smallest absolute Gasteiger partial charge is 0.404 e. The Balaban J connectivity index is 0. The molecule has 0 aromatic rings. The lowest BCUT2D eigenvalue weighted by Crippen LogP contribution is -2.28. The Morgan fingerprint density at radius 1 is 1.04 bits per heavy atom. The van der Waals surface area contributed by atoms with Crippen LogP contribution in [0.2, 0.25) is 0 Å². The number of primary amides is 1. The summed E-state index contributed by atoms with van der Waals surface area (Å²) >= 11 is 0. The van der Waals surface area contributed by atoms with Crippen LogP contribution in [0.1, 0.15) is 67.2 Å². The Morgan fingerprint density at radius 3 is 1.93 bits per heavy atom. The number of carbonyl (C=O) groups is 3. The van der Waals surface area contributed by atoms with Gasteiger partial charge in [-0.25, -0.2) is 14.4 Å². The predicted molar refractivity (Wildman–Crippen MR) is 105 cm³/mol. The van der Waals surface area contributed by atoms with Crippen LogP contribution in [-0.4, -0.2) is 36.3 Å². The van der Waals surface area contributed by atoms with E-state index in [4.69, 9.17) is 9.47 Å². The molecule has 0 aliphatic carbocycles. The Morgan fingerprint density at radius 2 is 1.56 bits per heavy atom. The van der Waals surface area contributed by atoms with Crippen LogP contribution >= 0.6 is 0 Å². The number of nitrogens with two attached hydrogens (primary N) is 1. The van der Waals surface area contributed by atoms with Crippen LogP contribution in [-0.2, 0) is 23.8 Å². The molecule has 27 heavy (non-hydrogen) atoms. The van der Waals surface area contributed by atoms with Gasteiger partial charge in [0.05, 0.1) is 12.7 Å². The molecule has 0 aromatic carbocycles. The minimum atomic E-state index is -0.711. The maximum Gasteiger partial charge on any atom is 0.404 e. The molecule has 1 unspecified atom stereocenters. The van der Waals surface area contributed by atoms with E-state index in [0.717, 1.165) is 25.7 Å². The third kappa shape index (κ3) is 16.9. The number of carbonyl (C=O) groups excluding carboxylic acids is 3. The van der Waals surface area contributed by atoms with Gasteiger partial charge in [0, 0.05) is 11.1 Å². The van der Waals surface area contributed by atoms with Crippen molar-refractivity contribution < 1.29 is 28.6 Å². The zero-order valence-corrected chi connectivity index (χ0v) is 17.6. The molecule has 0 aliphatic rings. The van der Waals surface area contributed by atoms with Gasteiger partial charge in [0.2, 0.25) is 0 Å². The summed E-state index contributed by atoms with van der Waals surface area (Å²) in [6.45, 7) is 18.1. The molecule has 0 bridgehead atoms. The average Bonchev–Trinajstić information content (AvgIpc) is 2.51. The zero-order valence-electron chi connectivity index (χ0n) is 17.6. The third-order valence-corrected chi connectivity index (χ3v) is 3.30. The number of ether oxygens (including phenoxy) is 3. The van der Waals surface area contributed by atoms with Crippen molar-refractivity contribution in [1.29, 1.82) is 0 Å². The molecule has 0 saturated carbocycles. The molecule has 0 radical (unpaired) electrons. The molecule has 156 valence electrons. The van der Waals surface area contributed by atoms with E-state index in [2.05, 4.69) is 23.6 Å². The second kappa shape index (κ2) is 13.8. The second-order valence-corrected chi connectivity index (χ2v) is 6.92. The summed E-state index contributed by atoms with van der Waals surface area (Å²) in [5, 5.41) is 0. The van der Waals surface area contributed by atoms with Crippen LogP contribution in [0.15, 0.2) is 24.3 Å². The van der Waals surface area contributed by atoms with E-state index >= 15 is 0 Å². The Kier molecular flexibility index (Phi) is 13.8. The van der Waals surface area contributed by atoms with E-state index in [0.29, 0.717) is 17.8 Å². The van der Waals surface area contributed by atoms with Gasteiger partial charge in [0.25, 0.3) is 0 Å². The topological polar surface area (TPSA) is 105 Å². The predicted octanol–water partition coefficient (Wildman–Crippen LogP) is 4.05. The largest absolute Gasteiger partial charge is 0.459 e. The standard InChI is InChI=1S/C17H28O4.C3H7NO2/c1-12(2)15(18)20-14(5)10-8-9-11-17(6,7)21-16(19)13(3)4;1-2-6-3(4)5/h14H,1,3,8-11H2,2,4-7H3;2H2,1H3,(H2,4,5). The van der Waals surface area contributed by atoms with E-state index in [1.54, 1.807) is 20.8 Å². The molecule has 7 nitrogen and oxygen atoms in total. The number of hydrogen-bond acceptors (Lipinski definition) is 6. The van der Waals surface area contributed by atoms with E-state index < -0.39 is 11.7 Å². The van der Waals surface area contributed by atoms with E-state index in [9.17, 15) is 14.4 Å². The first-order valence-electron chi connectivity index (χ1n) is 9.00. The fraction of sp³-hybridized carbons (Fsp3) is 0.650. The maximum absolute atomic E-state index is 11.5. The summed E-state index contributed by atoms with van der Waals surface area (Å²) in [5.41, 5.74) is 4.85. The summed E-state index contributed by atoms with van der Waals surface area (Å²) < 4.78 is 14.8. The fourth-order valence-electron chi connectivity index (χ4n) is 1.86. The molecule has 2 N–H and O–H groups in total.